The number of para-hydroxylation sites is 1. The molecule has 27 heavy (non-hydrogen) atoms. The number of aromatic nitrogens is 3. The average Bonchev–Trinajstić information content (AvgIpc) is 3.26. The summed E-state index contributed by atoms with van der Waals surface area (Å²) in [7, 11) is 0. The van der Waals surface area contributed by atoms with Gasteiger partial charge in [0, 0.05) is 35.2 Å². The van der Waals surface area contributed by atoms with Crippen LogP contribution in [0.4, 0.5) is 0 Å². The molecule has 0 spiro atoms. The quantitative estimate of drug-likeness (QED) is 0.475. The van der Waals surface area contributed by atoms with Crippen LogP contribution in [-0.4, -0.2) is 21.1 Å². The van der Waals surface area contributed by atoms with Gasteiger partial charge in [0.2, 0.25) is 5.91 Å². The van der Waals surface area contributed by atoms with Crippen molar-refractivity contribution < 1.29 is 9.63 Å². The van der Waals surface area contributed by atoms with Gasteiger partial charge in [0.05, 0.1) is 11.4 Å². The molecular weight excluding hydrogens is 340 g/mol. The summed E-state index contributed by atoms with van der Waals surface area (Å²) in [6.07, 6.45) is 1.96. The second-order valence-electron chi connectivity index (χ2n) is 6.63. The average molecular weight is 360 g/mol. The van der Waals surface area contributed by atoms with Gasteiger partial charge in [-0.15, -0.1) is 0 Å². The first-order chi connectivity index (χ1) is 13.0. The summed E-state index contributed by atoms with van der Waals surface area (Å²) in [5, 5.41) is 8.72. The van der Waals surface area contributed by atoms with Gasteiger partial charge in [-0.2, -0.15) is 10.6 Å². The Morgan fingerprint density at radius 2 is 1.96 bits per heavy atom. The number of nitrogens with one attached hydrogen (secondary N) is 3. The first kappa shape index (κ1) is 16.9. The van der Waals surface area contributed by atoms with Gasteiger partial charge in [0.25, 0.3) is 0 Å². The first-order valence-corrected chi connectivity index (χ1v) is 8.70. The SMILES string of the molecule is CC(=O)NOc1cc(C)cc(C)c1-c1cc(-c2c[nH]c3ccccc23)n[nH]1. The number of nitrogens with zero attached hydrogens (tertiary/aromatic N) is 1. The van der Waals surface area contributed by atoms with Crippen molar-refractivity contribution in [2.45, 2.75) is 20.8 Å². The van der Waals surface area contributed by atoms with Gasteiger partial charge < -0.3 is 9.82 Å². The van der Waals surface area contributed by atoms with Crippen LogP contribution in [-0.2, 0) is 4.79 Å². The molecule has 0 aliphatic heterocycles. The van der Waals surface area contributed by atoms with Crippen molar-refractivity contribution >= 4 is 16.8 Å². The molecule has 0 radical (unpaired) electrons. The van der Waals surface area contributed by atoms with E-state index in [0.29, 0.717) is 5.75 Å². The van der Waals surface area contributed by atoms with Crippen LogP contribution in [0, 0.1) is 13.8 Å². The number of hydrogen-bond donors (Lipinski definition) is 3. The highest BCUT2D eigenvalue weighted by molar-refractivity contribution is 5.95. The van der Waals surface area contributed by atoms with Gasteiger partial charge >= 0.3 is 0 Å². The number of aromatic amines is 2. The second-order valence-corrected chi connectivity index (χ2v) is 6.63. The van der Waals surface area contributed by atoms with Crippen molar-refractivity contribution in [3.63, 3.8) is 0 Å². The van der Waals surface area contributed by atoms with Crippen LogP contribution in [0.15, 0.2) is 48.7 Å². The van der Waals surface area contributed by atoms with Crippen molar-refractivity contribution in [1.29, 1.82) is 0 Å². The largest absolute Gasteiger partial charge is 0.379 e. The van der Waals surface area contributed by atoms with Gasteiger partial charge in [-0.3, -0.25) is 9.89 Å². The van der Waals surface area contributed by atoms with E-state index >= 15 is 0 Å². The maximum atomic E-state index is 11.3. The third-order valence-corrected chi connectivity index (χ3v) is 4.46. The molecule has 0 bridgehead atoms. The minimum Gasteiger partial charge on any atom is -0.379 e. The molecule has 6 nitrogen and oxygen atoms in total. The van der Waals surface area contributed by atoms with Gasteiger partial charge in [-0.1, -0.05) is 24.3 Å². The lowest BCUT2D eigenvalue weighted by Crippen LogP contribution is -2.24. The third-order valence-electron chi connectivity index (χ3n) is 4.46. The number of carbonyl (C=O) groups excluding carboxylic acids is 1. The van der Waals surface area contributed by atoms with Gasteiger partial charge in [0.1, 0.15) is 0 Å². The van der Waals surface area contributed by atoms with E-state index in [1.165, 1.54) is 6.92 Å². The maximum Gasteiger partial charge on any atom is 0.249 e. The fraction of sp³-hybridized carbons (Fsp3) is 0.143. The summed E-state index contributed by atoms with van der Waals surface area (Å²) >= 11 is 0. The second kappa shape index (κ2) is 6.64. The van der Waals surface area contributed by atoms with E-state index in [0.717, 1.165) is 44.5 Å². The lowest BCUT2D eigenvalue weighted by atomic mass is 10.0. The van der Waals surface area contributed by atoms with Crippen molar-refractivity contribution in [2.75, 3.05) is 0 Å². The van der Waals surface area contributed by atoms with E-state index < -0.39 is 0 Å². The van der Waals surface area contributed by atoms with Crippen molar-refractivity contribution in [3.8, 4) is 28.3 Å². The molecule has 4 rings (SSSR count). The molecule has 0 fully saturated rings. The standard InChI is InChI=1S/C21H20N4O2/c1-12-8-13(2)21(20(9-12)27-25-14(3)26)19-10-18(23-24-19)16-11-22-17-7-5-4-6-15(16)17/h4-11,22H,1-3H3,(H,23,24)(H,25,26). The molecule has 0 atom stereocenters. The van der Waals surface area contributed by atoms with Crippen molar-refractivity contribution in [2.24, 2.45) is 0 Å². The molecule has 0 aliphatic rings. The van der Waals surface area contributed by atoms with Crippen LogP contribution in [0.3, 0.4) is 0 Å². The molecule has 3 N–H and O–H groups in total. The van der Waals surface area contributed by atoms with Crippen LogP contribution >= 0.6 is 0 Å². The lowest BCUT2D eigenvalue weighted by molar-refractivity contribution is -0.125. The topological polar surface area (TPSA) is 82.8 Å². The van der Waals surface area contributed by atoms with E-state index in [-0.39, 0.29) is 5.91 Å². The molecule has 4 aromatic rings. The number of hydroxylamine groups is 1. The molecule has 2 aromatic heterocycles. The Bertz CT molecular complexity index is 1140. The van der Waals surface area contributed by atoms with Gasteiger partial charge in [-0.05, 0) is 43.2 Å². The third kappa shape index (κ3) is 3.17. The first-order valence-electron chi connectivity index (χ1n) is 8.70. The van der Waals surface area contributed by atoms with Gasteiger partial charge in [-0.25, -0.2) is 0 Å². The Morgan fingerprint density at radius 1 is 1.15 bits per heavy atom. The lowest BCUT2D eigenvalue weighted by Gasteiger charge is -2.13. The Labute approximate surface area is 156 Å². The zero-order valence-corrected chi connectivity index (χ0v) is 15.4. The van der Waals surface area contributed by atoms with Gasteiger partial charge in [0.15, 0.2) is 5.75 Å². The Hall–Kier alpha value is -3.54. The summed E-state index contributed by atoms with van der Waals surface area (Å²) in [5.74, 6) is 0.320. The summed E-state index contributed by atoms with van der Waals surface area (Å²) in [5.41, 5.74) is 9.12. The zero-order valence-electron chi connectivity index (χ0n) is 15.4. The molecule has 1 amide bonds. The van der Waals surface area contributed by atoms with E-state index in [1.807, 2.05) is 50.4 Å². The monoisotopic (exact) mass is 360 g/mol. The van der Waals surface area contributed by atoms with Crippen molar-refractivity contribution in [1.82, 2.24) is 20.7 Å². The van der Waals surface area contributed by atoms with Crippen LogP contribution in [0.5, 0.6) is 5.75 Å². The molecule has 2 aromatic carbocycles. The number of hydrogen-bond acceptors (Lipinski definition) is 3. The highest BCUT2D eigenvalue weighted by Crippen LogP contribution is 2.36. The smallest absolute Gasteiger partial charge is 0.249 e. The van der Waals surface area contributed by atoms with Crippen molar-refractivity contribution in [3.05, 3.63) is 59.8 Å². The Kier molecular flexibility index (Phi) is 4.16. The van der Waals surface area contributed by atoms with E-state index in [2.05, 4.69) is 32.8 Å². The molecular formula is C21H20N4O2. The minimum absolute atomic E-state index is 0.260. The number of benzene rings is 2. The Morgan fingerprint density at radius 3 is 2.78 bits per heavy atom. The molecule has 0 saturated heterocycles. The molecule has 6 heteroatoms. The summed E-state index contributed by atoms with van der Waals surface area (Å²) in [4.78, 5) is 20.1. The Balaban J connectivity index is 1.78. The fourth-order valence-electron chi connectivity index (χ4n) is 3.35. The van der Waals surface area contributed by atoms with Crippen LogP contribution in [0.25, 0.3) is 33.4 Å². The number of carbonyl (C=O) groups is 1. The normalized spacial score (nSPS) is 10.9. The number of aryl methyl sites for hydroxylation is 2. The van der Waals surface area contributed by atoms with E-state index in [9.17, 15) is 4.79 Å². The zero-order chi connectivity index (χ0) is 19.0. The highest BCUT2D eigenvalue weighted by Gasteiger charge is 2.16. The van der Waals surface area contributed by atoms with Crippen LogP contribution in [0.2, 0.25) is 0 Å². The molecule has 136 valence electrons. The molecule has 0 aliphatic carbocycles. The number of H-pyrrole nitrogens is 2. The number of amides is 1. The summed E-state index contributed by atoms with van der Waals surface area (Å²) in [6.45, 7) is 5.41. The minimum atomic E-state index is -0.260. The number of rotatable bonds is 4. The predicted molar refractivity (Wildman–Crippen MR) is 105 cm³/mol. The molecule has 2 heterocycles. The number of fused-ring (bicyclic) bond motifs is 1. The van der Waals surface area contributed by atoms with Crippen LogP contribution in [0.1, 0.15) is 18.1 Å². The summed E-state index contributed by atoms with van der Waals surface area (Å²) < 4.78 is 0. The highest BCUT2D eigenvalue weighted by atomic mass is 16.7. The summed E-state index contributed by atoms with van der Waals surface area (Å²) in [6, 6.07) is 14.1. The molecule has 0 saturated carbocycles. The van der Waals surface area contributed by atoms with Crippen LogP contribution < -0.4 is 10.3 Å². The maximum absolute atomic E-state index is 11.3. The predicted octanol–water partition coefficient (Wildman–Crippen LogP) is 4.27. The fourth-order valence-corrected chi connectivity index (χ4v) is 3.35. The molecule has 0 unspecified atom stereocenters. The van der Waals surface area contributed by atoms with E-state index in [4.69, 9.17) is 4.84 Å². The van der Waals surface area contributed by atoms with E-state index in [1.54, 1.807) is 0 Å².